The van der Waals surface area contributed by atoms with Gasteiger partial charge in [0.05, 0.1) is 6.04 Å². The molecule has 0 saturated heterocycles. The lowest BCUT2D eigenvalue weighted by molar-refractivity contribution is -0.145. The minimum Gasteiger partial charge on any atom is -0.451 e. The van der Waals surface area contributed by atoms with Crippen molar-refractivity contribution in [2.45, 2.75) is 13.0 Å². The largest absolute Gasteiger partial charge is 0.451 e. The molecule has 0 aliphatic heterocycles. The Morgan fingerprint density at radius 3 is 1.81 bits per heavy atom. The third-order valence-corrected chi connectivity index (χ3v) is 4.55. The van der Waals surface area contributed by atoms with Crippen molar-refractivity contribution in [3.8, 4) is 0 Å². The van der Waals surface area contributed by atoms with Gasteiger partial charge in [-0.05, 0) is 22.8 Å². The first kappa shape index (κ1) is 22.5. The molecule has 0 saturated carbocycles. The van der Waals surface area contributed by atoms with Crippen LogP contribution in [0.4, 0.5) is 0 Å². The first-order valence-corrected chi connectivity index (χ1v) is 10.1. The van der Waals surface area contributed by atoms with Crippen LogP contribution in [0.1, 0.15) is 29.7 Å². The van der Waals surface area contributed by atoms with Crippen LogP contribution in [0.25, 0.3) is 6.08 Å². The van der Waals surface area contributed by atoms with E-state index in [2.05, 4.69) is 10.6 Å². The van der Waals surface area contributed by atoms with Crippen LogP contribution in [0.5, 0.6) is 0 Å². The van der Waals surface area contributed by atoms with Crippen LogP contribution in [0, 0.1) is 0 Å². The number of benzene rings is 3. The molecule has 0 unspecified atom stereocenters. The Bertz CT molecular complexity index is 1040. The molecule has 0 fully saturated rings. The van der Waals surface area contributed by atoms with Gasteiger partial charge >= 0.3 is 5.97 Å². The lowest BCUT2D eigenvalue weighted by Gasteiger charge is -2.20. The molecular weight excluding hydrogens is 404 g/mol. The second kappa shape index (κ2) is 11.3. The molecule has 0 aromatic heterocycles. The predicted molar refractivity (Wildman–Crippen MR) is 122 cm³/mol. The summed E-state index contributed by atoms with van der Waals surface area (Å²) >= 11 is 0. The molecule has 3 rings (SSSR count). The van der Waals surface area contributed by atoms with E-state index in [9.17, 15) is 14.4 Å². The maximum atomic E-state index is 12.6. The van der Waals surface area contributed by atoms with E-state index in [-0.39, 0.29) is 5.70 Å². The van der Waals surface area contributed by atoms with Crippen LogP contribution in [0.15, 0.2) is 96.7 Å². The minimum atomic E-state index is -0.796. The third-order valence-electron chi connectivity index (χ3n) is 4.55. The SMILES string of the molecule is CC(=O)N/C(=C\c1ccccc1)C(=O)OCC(=O)NC(c1ccccc1)c1ccccc1. The lowest BCUT2D eigenvalue weighted by Crippen LogP contribution is -2.34. The monoisotopic (exact) mass is 428 g/mol. The Morgan fingerprint density at radius 2 is 1.31 bits per heavy atom. The van der Waals surface area contributed by atoms with Gasteiger partial charge < -0.3 is 15.4 Å². The van der Waals surface area contributed by atoms with Gasteiger partial charge in [0.15, 0.2) is 6.61 Å². The molecule has 0 atom stereocenters. The summed E-state index contributed by atoms with van der Waals surface area (Å²) in [4.78, 5) is 36.6. The fraction of sp³-hybridized carbons (Fsp3) is 0.115. The molecule has 0 radical (unpaired) electrons. The molecule has 0 heterocycles. The van der Waals surface area contributed by atoms with Gasteiger partial charge in [0.2, 0.25) is 5.91 Å². The van der Waals surface area contributed by atoms with E-state index in [0.717, 1.165) is 11.1 Å². The predicted octanol–water partition coefficient (Wildman–Crippen LogP) is 3.61. The number of ether oxygens (including phenoxy) is 1. The molecule has 6 nitrogen and oxygen atoms in total. The minimum absolute atomic E-state index is 0.0424. The van der Waals surface area contributed by atoms with E-state index >= 15 is 0 Å². The number of hydrogen-bond acceptors (Lipinski definition) is 4. The van der Waals surface area contributed by atoms with Gasteiger partial charge in [-0.1, -0.05) is 91.0 Å². The molecule has 0 aliphatic rings. The van der Waals surface area contributed by atoms with Crippen LogP contribution >= 0.6 is 0 Å². The van der Waals surface area contributed by atoms with Crippen LogP contribution in [-0.4, -0.2) is 24.4 Å². The van der Waals surface area contributed by atoms with Crippen molar-refractivity contribution in [1.29, 1.82) is 0 Å². The van der Waals surface area contributed by atoms with Crippen molar-refractivity contribution in [3.63, 3.8) is 0 Å². The highest BCUT2D eigenvalue weighted by Gasteiger charge is 2.19. The van der Waals surface area contributed by atoms with Crippen molar-refractivity contribution in [3.05, 3.63) is 113 Å². The van der Waals surface area contributed by atoms with Crippen LogP contribution in [0.3, 0.4) is 0 Å². The van der Waals surface area contributed by atoms with E-state index < -0.39 is 30.4 Å². The summed E-state index contributed by atoms with van der Waals surface area (Å²) in [7, 11) is 0. The summed E-state index contributed by atoms with van der Waals surface area (Å²) in [5.41, 5.74) is 2.48. The zero-order valence-corrected chi connectivity index (χ0v) is 17.7. The van der Waals surface area contributed by atoms with Gasteiger partial charge in [-0.2, -0.15) is 0 Å². The van der Waals surface area contributed by atoms with Crippen molar-refractivity contribution in [1.82, 2.24) is 10.6 Å². The lowest BCUT2D eigenvalue weighted by atomic mass is 9.99. The Hall–Kier alpha value is -4.19. The van der Waals surface area contributed by atoms with Crippen LogP contribution < -0.4 is 10.6 Å². The standard InChI is InChI=1S/C26H24N2O4/c1-19(29)27-23(17-20-11-5-2-6-12-20)26(31)32-18-24(30)28-25(21-13-7-3-8-14-21)22-15-9-4-10-16-22/h2-17,25H,18H2,1H3,(H,27,29)(H,28,30)/b23-17-. The Morgan fingerprint density at radius 1 is 0.812 bits per heavy atom. The van der Waals surface area contributed by atoms with Gasteiger partial charge in [-0.3, -0.25) is 9.59 Å². The number of esters is 1. The maximum Gasteiger partial charge on any atom is 0.355 e. The van der Waals surface area contributed by atoms with Crippen LogP contribution in [0.2, 0.25) is 0 Å². The van der Waals surface area contributed by atoms with Crippen molar-refractivity contribution >= 4 is 23.9 Å². The highest BCUT2D eigenvalue weighted by molar-refractivity contribution is 5.98. The quantitative estimate of drug-likeness (QED) is 0.424. The maximum absolute atomic E-state index is 12.6. The van der Waals surface area contributed by atoms with Crippen molar-refractivity contribution in [2.75, 3.05) is 6.61 Å². The van der Waals surface area contributed by atoms with E-state index in [0.29, 0.717) is 5.56 Å². The topological polar surface area (TPSA) is 84.5 Å². The summed E-state index contributed by atoms with van der Waals surface area (Å²) in [6, 6.07) is 27.7. The Labute approximate surface area is 186 Å². The molecule has 6 heteroatoms. The summed E-state index contributed by atoms with van der Waals surface area (Å²) in [5, 5.41) is 5.37. The number of amides is 2. The van der Waals surface area contributed by atoms with Gasteiger partial charge in [0.1, 0.15) is 5.70 Å². The second-order valence-electron chi connectivity index (χ2n) is 7.05. The molecule has 0 aliphatic carbocycles. The number of nitrogens with one attached hydrogen (secondary N) is 2. The first-order chi connectivity index (χ1) is 15.5. The molecule has 0 bridgehead atoms. The molecule has 2 N–H and O–H groups in total. The van der Waals surface area contributed by atoms with E-state index in [1.54, 1.807) is 12.1 Å². The molecule has 2 amide bonds. The smallest absolute Gasteiger partial charge is 0.355 e. The molecule has 32 heavy (non-hydrogen) atoms. The van der Waals surface area contributed by atoms with E-state index in [1.165, 1.54) is 13.0 Å². The highest BCUT2D eigenvalue weighted by Crippen LogP contribution is 2.21. The molecule has 0 spiro atoms. The number of carbonyl (C=O) groups is 3. The van der Waals surface area contributed by atoms with Crippen molar-refractivity contribution in [2.24, 2.45) is 0 Å². The van der Waals surface area contributed by atoms with Crippen LogP contribution in [-0.2, 0) is 19.1 Å². The highest BCUT2D eigenvalue weighted by atomic mass is 16.5. The van der Waals surface area contributed by atoms with Gasteiger partial charge in [-0.15, -0.1) is 0 Å². The fourth-order valence-corrected chi connectivity index (χ4v) is 3.11. The zero-order valence-electron chi connectivity index (χ0n) is 17.7. The average Bonchev–Trinajstić information content (AvgIpc) is 2.82. The second-order valence-corrected chi connectivity index (χ2v) is 7.05. The van der Waals surface area contributed by atoms with Gasteiger partial charge in [-0.25, -0.2) is 4.79 Å². The van der Waals surface area contributed by atoms with Gasteiger partial charge in [0.25, 0.3) is 5.91 Å². The van der Waals surface area contributed by atoms with E-state index in [4.69, 9.17) is 4.74 Å². The molecule has 3 aromatic rings. The summed E-state index contributed by atoms with van der Waals surface area (Å²) < 4.78 is 5.18. The summed E-state index contributed by atoms with van der Waals surface area (Å²) in [6.45, 7) is 0.809. The summed E-state index contributed by atoms with van der Waals surface area (Å²) in [5.74, 6) is -1.67. The first-order valence-electron chi connectivity index (χ1n) is 10.1. The molecule has 162 valence electrons. The van der Waals surface area contributed by atoms with Crippen molar-refractivity contribution < 1.29 is 19.1 Å². The Balaban J connectivity index is 1.69. The zero-order chi connectivity index (χ0) is 22.8. The number of hydrogen-bond donors (Lipinski definition) is 2. The van der Waals surface area contributed by atoms with E-state index in [1.807, 2.05) is 78.9 Å². The number of carbonyl (C=O) groups excluding carboxylic acids is 3. The number of rotatable bonds is 8. The fourth-order valence-electron chi connectivity index (χ4n) is 3.11. The normalized spacial score (nSPS) is 11.0. The molecular formula is C26H24N2O4. The Kier molecular flexibility index (Phi) is 7.92. The average molecular weight is 428 g/mol. The van der Waals surface area contributed by atoms with Gasteiger partial charge in [0, 0.05) is 6.92 Å². The third kappa shape index (κ3) is 6.67. The summed E-state index contributed by atoms with van der Waals surface area (Å²) in [6.07, 6.45) is 1.50. The molecule has 3 aromatic carbocycles.